The van der Waals surface area contributed by atoms with Gasteiger partial charge in [-0.05, 0) is 53.8 Å². The summed E-state index contributed by atoms with van der Waals surface area (Å²) in [7, 11) is -2.25. The first-order chi connectivity index (χ1) is 19.0. The third-order valence-electron chi connectivity index (χ3n) is 6.41. The van der Waals surface area contributed by atoms with Gasteiger partial charge in [0.2, 0.25) is 21.8 Å². The number of ether oxygens (including phenoxy) is 1. The van der Waals surface area contributed by atoms with Crippen molar-refractivity contribution >= 4 is 27.5 Å². The van der Waals surface area contributed by atoms with E-state index in [0.29, 0.717) is 18.0 Å². The number of hydrogen-bond donors (Lipinski definition) is 1. The smallest absolute Gasteiger partial charge is 0.244 e. The lowest BCUT2D eigenvalue weighted by molar-refractivity contribution is -0.140. The molecule has 1 N–H and O–H groups in total. The molecule has 0 bridgehead atoms. The summed E-state index contributed by atoms with van der Waals surface area (Å²) in [5, 5.41) is 2.98. The van der Waals surface area contributed by atoms with Crippen LogP contribution in [-0.4, -0.2) is 57.6 Å². The zero-order valence-electron chi connectivity index (χ0n) is 23.8. The van der Waals surface area contributed by atoms with Crippen molar-refractivity contribution in [2.75, 3.05) is 30.8 Å². The van der Waals surface area contributed by atoms with Crippen molar-refractivity contribution in [1.82, 2.24) is 10.2 Å². The molecular formula is C31H39N3O5S. The summed E-state index contributed by atoms with van der Waals surface area (Å²) < 4.78 is 32.2. The number of carbonyl (C=O) groups is 2. The first kappa shape index (κ1) is 30.7. The molecule has 0 aliphatic heterocycles. The first-order valence-corrected chi connectivity index (χ1v) is 15.1. The number of benzene rings is 3. The van der Waals surface area contributed by atoms with Gasteiger partial charge in [-0.2, -0.15) is 0 Å². The lowest BCUT2D eigenvalue weighted by atomic mass is 10.0. The van der Waals surface area contributed by atoms with Crippen molar-refractivity contribution in [3.05, 3.63) is 95.6 Å². The molecule has 0 aliphatic carbocycles. The van der Waals surface area contributed by atoms with Crippen LogP contribution in [0.1, 0.15) is 30.5 Å². The summed E-state index contributed by atoms with van der Waals surface area (Å²) in [6, 6.07) is 22.9. The predicted octanol–water partition coefficient (Wildman–Crippen LogP) is 4.18. The molecule has 0 aliphatic rings. The molecule has 0 radical (unpaired) electrons. The van der Waals surface area contributed by atoms with Crippen LogP contribution in [0.4, 0.5) is 5.69 Å². The van der Waals surface area contributed by atoms with Crippen molar-refractivity contribution in [1.29, 1.82) is 0 Å². The summed E-state index contributed by atoms with van der Waals surface area (Å²) in [5.74, 6) is 0.0443. The summed E-state index contributed by atoms with van der Waals surface area (Å²) >= 11 is 0. The highest BCUT2D eigenvalue weighted by atomic mass is 32.2. The highest BCUT2D eigenvalue weighted by Gasteiger charge is 2.33. The third kappa shape index (κ3) is 8.84. The number of anilines is 1. The van der Waals surface area contributed by atoms with Gasteiger partial charge in [0.15, 0.2) is 0 Å². The van der Waals surface area contributed by atoms with Crippen molar-refractivity contribution < 1.29 is 22.7 Å². The summed E-state index contributed by atoms with van der Waals surface area (Å²) in [4.78, 5) is 29.2. The van der Waals surface area contributed by atoms with Crippen LogP contribution in [0, 0.1) is 12.8 Å². The minimum atomic E-state index is -3.81. The standard InChI is InChI=1S/C31H39N3O5S/c1-23(2)20-32-31(36)29(19-25-12-7-6-8-13-25)33(21-26-14-10-16-28(18-26)39-4)30(35)22-34(40(5,37)38)27-15-9-11-24(3)17-27/h6-18,23,29H,19-22H2,1-5H3,(H,32,36)/t29-/m0/s1. The Hall–Kier alpha value is -3.85. The molecule has 3 rings (SSSR count). The largest absolute Gasteiger partial charge is 0.497 e. The number of nitrogens with one attached hydrogen (secondary N) is 1. The lowest BCUT2D eigenvalue weighted by Gasteiger charge is -2.33. The van der Waals surface area contributed by atoms with Gasteiger partial charge in [-0.1, -0.05) is 68.4 Å². The normalized spacial score (nSPS) is 12.1. The fraction of sp³-hybridized carbons (Fsp3) is 0.355. The average Bonchev–Trinajstić information content (AvgIpc) is 2.92. The van der Waals surface area contributed by atoms with Crippen molar-refractivity contribution in [2.45, 2.75) is 39.8 Å². The van der Waals surface area contributed by atoms with Gasteiger partial charge in [0.05, 0.1) is 19.1 Å². The molecule has 0 saturated heterocycles. The fourth-order valence-electron chi connectivity index (χ4n) is 4.34. The number of rotatable bonds is 13. The van der Waals surface area contributed by atoms with Gasteiger partial charge in [-0.15, -0.1) is 0 Å². The molecule has 0 spiro atoms. The molecule has 1 atom stereocenters. The third-order valence-corrected chi connectivity index (χ3v) is 7.55. The van der Waals surface area contributed by atoms with Crippen LogP contribution < -0.4 is 14.4 Å². The van der Waals surface area contributed by atoms with Gasteiger partial charge < -0.3 is 15.0 Å². The van der Waals surface area contributed by atoms with E-state index in [1.54, 1.807) is 37.4 Å². The Morgan fingerprint density at radius 3 is 2.23 bits per heavy atom. The molecule has 0 heterocycles. The zero-order valence-corrected chi connectivity index (χ0v) is 24.6. The summed E-state index contributed by atoms with van der Waals surface area (Å²) in [5.41, 5.74) is 2.89. The van der Waals surface area contributed by atoms with Crippen LogP contribution >= 0.6 is 0 Å². The van der Waals surface area contributed by atoms with Gasteiger partial charge in [0, 0.05) is 19.5 Å². The molecule has 0 unspecified atom stereocenters. The van der Waals surface area contributed by atoms with Crippen molar-refractivity contribution in [2.24, 2.45) is 5.92 Å². The van der Waals surface area contributed by atoms with Crippen LogP contribution in [0.5, 0.6) is 5.75 Å². The van der Waals surface area contributed by atoms with Gasteiger partial charge in [-0.3, -0.25) is 13.9 Å². The molecule has 9 heteroatoms. The van der Waals surface area contributed by atoms with Gasteiger partial charge >= 0.3 is 0 Å². The Morgan fingerprint density at radius 2 is 1.60 bits per heavy atom. The molecular weight excluding hydrogens is 526 g/mol. The molecule has 0 saturated carbocycles. The van der Waals surface area contributed by atoms with Crippen LogP contribution in [-0.2, 0) is 32.6 Å². The van der Waals surface area contributed by atoms with E-state index in [4.69, 9.17) is 4.74 Å². The minimum Gasteiger partial charge on any atom is -0.497 e. The second-order valence-electron chi connectivity index (χ2n) is 10.3. The molecule has 0 aromatic heterocycles. The van der Waals surface area contributed by atoms with Crippen molar-refractivity contribution in [3.63, 3.8) is 0 Å². The van der Waals surface area contributed by atoms with Crippen LogP contribution in [0.25, 0.3) is 0 Å². The summed E-state index contributed by atoms with van der Waals surface area (Å²) in [6.45, 7) is 5.94. The Morgan fingerprint density at radius 1 is 0.925 bits per heavy atom. The monoisotopic (exact) mass is 565 g/mol. The van der Waals surface area contributed by atoms with E-state index < -0.39 is 28.5 Å². The topological polar surface area (TPSA) is 96.0 Å². The van der Waals surface area contributed by atoms with Gasteiger partial charge in [0.1, 0.15) is 18.3 Å². The molecule has 0 fully saturated rings. The van der Waals surface area contributed by atoms with E-state index in [0.717, 1.165) is 27.3 Å². The van der Waals surface area contributed by atoms with E-state index in [-0.39, 0.29) is 24.8 Å². The van der Waals surface area contributed by atoms with Crippen LogP contribution in [0.15, 0.2) is 78.9 Å². The number of methoxy groups -OCH3 is 1. The van der Waals surface area contributed by atoms with E-state index in [9.17, 15) is 18.0 Å². The number of sulfonamides is 1. The molecule has 40 heavy (non-hydrogen) atoms. The van der Waals surface area contributed by atoms with E-state index in [1.165, 1.54) is 4.90 Å². The molecule has 2 amide bonds. The quantitative estimate of drug-likeness (QED) is 0.336. The van der Waals surface area contributed by atoms with Crippen molar-refractivity contribution in [3.8, 4) is 5.75 Å². The Balaban J connectivity index is 2.06. The summed E-state index contributed by atoms with van der Waals surface area (Å²) in [6.07, 6.45) is 1.34. The van der Waals surface area contributed by atoms with Gasteiger partial charge in [-0.25, -0.2) is 8.42 Å². The van der Waals surface area contributed by atoms with E-state index >= 15 is 0 Å². The number of hydrogen-bond acceptors (Lipinski definition) is 5. The predicted molar refractivity (Wildman–Crippen MR) is 159 cm³/mol. The average molecular weight is 566 g/mol. The Bertz CT molecular complexity index is 1390. The highest BCUT2D eigenvalue weighted by molar-refractivity contribution is 7.92. The Labute approximate surface area is 238 Å². The molecule has 8 nitrogen and oxygen atoms in total. The lowest BCUT2D eigenvalue weighted by Crippen LogP contribution is -2.53. The zero-order chi connectivity index (χ0) is 29.3. The number of amides is 2. The fourth-order valence-corrected chi connectivity index (χ4v) is 5.18. The molecule has 214 valence electrons. The highest BCUT2D eigenvalue weighted by Crippen LogP contribution is 2.22. The maximum Gasteiger partial charge on any atom is 0.244 e. The first-order valence-electron chi connectivity index (χ1n) is 13.3. The number of aryl methyl sites for hydroxylation is 1. The Kier molecular flexibility index (Phi) is 10.7. The minimum absolute atomic E-state index is 0.0913. The van der Waals surface area contributed by atoms with Crippen LogP contribution in [0.2, 0.25) is 0 Å². The van der Waals surface area contributed by atoms with E-state index in [1.807, 2.05) is 69.3 Å². The maximum absolute atomic E-state index is 14.1. The number of nitrogens with zero attached hydrogens (tertiary/aromatic N) is 2. The van der Waals surface area contributed by atoms with Crippen LogP contribution in [0.3, 0.4) is 0 Å². The van der Waals surface area contributed by atoms with Gasteiger partial charge in [0.25, 0.3) is 0 Å². The van der Waals surface area contributed by atoms with E-state index in [2.05, 4.69) is 5.32 Å². The SMILES string of the molecule is COc1cccc(CN(C(=O)CN(c2cccc(C)c2)S(C)(=O)=O)[C@@H](Cc2ccccc2)C(=O)NCC(C)C)c1. The molecule has 3 aromatic carbocycles. The second-order valence-corrected chi connectivity index (χ2v) is 12.2. The second kappa shape index (κ2) is 14.0. The molecule has 3 aromatic rings. The maximum atomic E-state index is 14.1. The number of carbonyl (C=O) groups excluding carboxylic acids is 2.